The topological polar surface area (TPSA) is 76.7 Å². The smallest absolute Gasteiger partial charge is 0.404 e. The van der Waals surface area contributed by atoms with Gasteiger partial charge in [0.2, 0.25) is 11.8 Å². The Bertz CT molecular complexity index is 1370. The minimum atomic E-state index is -0.671. The van der Waals surface area contributed by atoms with Crippen LogP contribution in [0.2, 0.25) is 0 Å². The van der Waals surface area contributed by atoms with Gasteiger partial charge in [-0.25, -0.2) is 4.39 Å². The predicted molar refractivity (Wildman–Crippen MR) is 166 cm³/mol. The highest BCUT2D eigenvalue weighted by atomic mass is 19.1. The molecule has 1 aliphatic heterocycles. The average molecular weight is 589 g/mol. The fraction of sp³-hybridized carbons (Fsp3) is 0.600. The second-order valence-electron chi connectivity index (χ2n) is 14.6. The molecule has 6 nitrogen and oxygen atoms in total. The van der Waals surface area contributed by atoms with Gasteiger partial charge >= 0.3 is 7.12 Å². The van der Waals surface area contributed by atoms with E-state index in [-0.39, 0.29) is 47.2 Å². The van der Waals surface area contributed by atoms with Crippen molar-refractivity contribution >= 4 is 18.9 Å². The number of carbonyl (C=O) groups excluding carboxylic acids is 2. The molecule has 2 aromatic carbocycles. The van der Waals surface area contributed by atoms with Crippen LogP contribution >= 0.6 is 0 Å². The van der Waals surface area contributed by atoms with Gasteiger partial charge in [0.25, 0.3) is 0 Å². The van der Waals surface area contributed by atoms with Crippen LogP contribution in [0.5, 0.6) is 0 Å². The summed E-state index contributed by atoms with van der Waals surface area (Å²) in [5.74, 6) is 0.00689. The van der Waals surface area contributed by atoms with Crippen LogP contribution in [-0.4, -0.2) is 36.6 Å². The lowest BCUT2D eigenvalue weighted by Gasteiger charge is -2.64. The van der Waals surface area contributed by atoms with Crippen molar-refractivity contribution in [1.29, 1.82) is 0 Å². The normalized spacial score (nSPS) is 30.1. The third-order valence-electron chi connectivity index (χ3n) is 11.0. The molecule has 2 amide bonds. The summed E-state index contributed by atoms with van der Waals surface area (Å²) in [6.07, 6.45) is 5.49. The van der Waals surface area contributed by atoms with Crippen LogP contribution in [0.4, 0.5) is 4.39 Å². The van der Waals surface area contributed by atoms with E-state index in [0.717, 1.165) is 37.7 Å². The summed E-state index contributed by atoms with van der Waals surface area (Å²) in [5.41, 5.74) is 2.67. The second kappa shape index (κ2) is 11.7. The summed E-state index contributed by atoms with van der Waals surface area (Å²) in [7, 11) is -0.530. The number of rotatable bonds is 9. The zero-order chi connectivity index (χ0) is 30.5. The molecule has 4 fully saturated rings. The number of aryl methyl sites for hydroxylation is 1. The number of carbonyl (C=O) groups is 2. The maximum absolute atomic E-state index is 14.3. The Morgan fingerprint density at radius 2 is 1.86 bits per heavy atom. The van der Waals surface area contributed by atoms with Crippen LogP contribution < -0.4 is 10.6 Å². The average Bonchev–Trinajstić information content (AvgIpc) is 3.33. The Balaban J connectivity index is 1.18. The largest absolute Gasteiger partial charge is 0.481 e. The summed E-state index contributed by atoms with van der Waals surface area (Å²) in [4.78, 5) is 27.4. The molecule has 0 aromatic heterocycles. The van der Waals surface area contributed by atoms with Gasteiger partial charge in [0.15, 0.2) is 0 Å². The Hall–Kier alpha value is -2.71. The van der Waals surface area contributed by atoms with Crippen molar-refractivity contribution < 1.29 is 23.3 Å². The number of benzene rings is 2. The zero-order valence-corrected chi connectivity index (χ0v) is 26.2. The van der Waals surface area contributed by atoms with E-state index < -0.39 is 19.0 Å². The number of halogens is 1. The number of hydrogen-bond acceptors (Lipinski definition) is 4. The van der Waals surface area contributed by atoms with Gasteiger partial charge in [0, 0.05) is 0 Å². The van der Waals surface area contributed by atoms with E-state index in [2.05, 4.69) is 51.3 Å². The Morgan fingerprint density at radius 1 is 1.07 bits per heavy atom. The molecule has 230 valence electrons. The first-order valence-corrected chi connectivity index (χ1v) is 16.2. The van der Waals surface area contributed by atoms with E-state index in [0.29, 0.717) is 29.7 Å². The highest BCUT2D eigenvalue weighted by Gasteiger charge is 2.68. The SMILES string of the molecule is CC(C)C[C@H](NC(=O)CC(NC(=O)[C@H]1CCCc2ccccc21)c1cccc(F)c1)B1O[C@@H]2C[C@@H]3C[C@@H](C3(C)C)[C@]2(C)O1. The first-order chi connectivity index (χ1) is 20.5. The van der Waals surface area contributed by atoms with E-state index in [9.17, 15) is 14.0 Å². The first kappa shape index (κ1) is 30.3. The summed E-state index contributed by atoms with van der Waals surface area (Å²) >= 11 is 0. The molecule has 8 heteroatoms. The van der Waals surface area contributed by atoms with E-state index in [4.69, 9.17) is 9.31 Å². The van der Waals surface area contributed by atoms with Crippen LogP contribution in [-0.2, 0) is 25.3 Å². The van der Waals surface area contributed by atoms with Crippen LogP contribution in [0.3, 0.4) is 0 Å². The zero-order valence-electron chi connectivity index (χ0n) is 26.2. The highest BCUT2D eigenvalue weighted by Crippen LogP contribution is 2.65. The van der Waals surface area contributed by atoms with Gasteiger partial charge in [-0.05, 0) is 97.4 Å². The molecule has 1 unspecified atom stereocenters. The molecule has 7 atom stereocenters. The monoisotopic (exact) mass is 588 g/mol. The second-order valence-corrected chi connectivity index (χ2v) is 14.6. The molecule has 2 bridgehead atoms. The van der Waals surface area contributed by atoms with Gasteiger partial charge in [-0.1, -0.05) is 64.1 Å². The molecule has 0 spiro atoms. The lowest BCUT2D eigenvalue weighted by atomic mass is 9.43. The van der Waals surface area contributed by atoms with E-state index in [1.165, 1.54) is 17.7 Å². The van der Waals surface area contributed by atoms with Gasteiger partial charge in [-0.2, -0.15) is 0 Å². The maximum Gasteiger partial charge on any atom is 0.481 e. The van der Waals surface area contributed by atoms with Gasteiger partial charge < -0.3 is 19.9 Å². The predicted octanol–water partition coefficient (Wildman–Crippen LogP) is 6.29. The summed E-state index contributed by atoms with van der Waals surface area (Å²) in [6, 6.07) is 13.6. The molecule has 2 N–H and O–H groups in total. The molecule has 2 aromatic rings. The Morgan fingerprint density at radius 3 is 2.60 bits per heavy atom. The lowest BCUT2D eigenvalue weighted by Crippen LogP contribution is -2.65. The number of amides is 2. The molecule has 4 aliphatic carbocycles. The van der Waals surface area contributed by atoms with Gasteiger partial charge in [-0.15, -0.1) is 0 Å². The maximum atomic E-state index is 14.3. The minimum Gasteiger partial charge on any atom is -0.404 e. The summed E-state index contributed by atoms with van der Waals surface area (Å²) < 4.78 is 27.6. The molecule has 43 heavy (non-hydrogen) atoms. The molecular formula is C35H46BFN2O4. The van der Waals surface area contributed by atoms with Crippen LogP contribution in [0, 0.1) is 29.0 Å². The van der Waals surface area contributed by atoms with Crippen LogP contribution in [0.1, 0.15) is 102 Å². The van der Waals surface area contributed by atoms with Crippen molar-refractivity contribution in [3.63, 3.8) is 0 Å². The fourth-order valence-corrected chi connectivity index (χ4v) is 8.54. The molecule has 1 heterocycles. The molecule has 0 radical (unpaired) electrons. The Labute approximate surface area is 256 Å². The number of nitrogens with one attached hydrogen (secondary N) is 2. The van der Waals surface area contributed by atoms with Crippen molar-refractivity contribution in [1.82, 2.24) is 10.6 Å². The van der Waals surface area contributed by atoms with E-state index >= 15 is 0 Å². The molecular weight excluding hydrogens is 542 g/mol. The molecule has 1 saturated heterocycles. The quantitative estimate of drug-likeness (QED) is 0.338. The van der Waals surface area contributed by atoms with Crippen LogP contribution in [0.15, 0.2) is 48.5 Å². The number of fused-ring (bicyclic) bond motifs is 1. The van der Waals surface area contributed by atoms with Gasteiger partial charge in [-0.3, -0.25) is 9.59 Å². The third kappa shape index (κ3) is 5.77. The Kier molecular flexibility index (Phi) is 8.22. The molecule has 7 rings (SSSR count). The van der Waals surface area contributed by atoms with Crippen molar-refractivity contribution in [2.24, 2.45) is 23.2 Å². The van der Waals surface area contributed by atoms with Crippen molar-refractivity contribution in [2.75, 3.05) is 0 Å². The lowest BCUT2D eigenvalue weighted by molar-refractivity contribution is -0.199. The standard InChI is InChI=1S/C35H46BFN2O4/c1-21(2)16-31(36-42-30-19-24-18-29(34(24,3)4)35(30,5)43-36)39-32(40)20-28(23-12-8-13-25(37)17-23)38-33(41)27-15-9-11-22-10-6-7-14-26(22)27/h6-8,10,12-14,17,21,24,27-31H,9,11,15-16,18-20H2,1-5H3,(H,38,41)(H,39,40)/t24-,27-,28?,29-,30+,31-,35-/m0/s1. The van der Waals surface area contributed by atoms with Crippen molar-refractivity contribution in [2.45, 2.75) is 109 Å². The van der Waals surface area contributed by atoms with Crippen LogP contribution in [0.25, 0.3) is 0 Å². The van der Waals surface area contributed by atoms with Gasteiger partial charge in [0.05, 0.1) is 36.0 Å². The minimum absolute atomic E-state index is 0.0106. The van der Waals surface area contributed by atoms with Crippen molar-refractivity contribution in [3.05, 3.63) is 71.0 Å². The van der Waals surface area contributed by atoms with Crippen molar-refractivity contribution in [3.8, 4) is 0 Å². The van der Waals surface area contributed by atoms with Gasteiger partial charge in [0.1, 0.15) is 5.82 Å². The molecule has 5 aliphatic rings. The molecule has 3 saturated carbocycles. The summed E-state index contributed by atoms with van der Waals surface area (Å²) in [6.45, 7) is 11.1. The number of hydrogen-bond donors (Lipinski definition) is 2. The first-order valence-electron chi connectivity index (χ1n) is 16.2. The van der Waals surface area contributed by atoms with E-state index in [1.807, 2.05) is 18.2 Å². The fourth-order valence-electron chi connectivity index (χ4n) is 8.54. The highest BCUT2D eigenvalue weighted by molar-refractivity contribution is 6.47. The third-order valence-corrected chi connectivity index (χ3v) is 11.0. The van der Waals surface area contributed by atoms with E-state index in [1.54, 1.807) is 12.1 Å². The summed E-state index contributed by atoms with van der Waals surface area (Å²) in [5, 5.41) is 6.34.